The summed E-state index contributed by atoms with van der Waals surface area (Å²) in [5.41, 5.74) is 0.0882. The Morgan fingerprint density at radius 2 is 2.05 bits per heavy atom. The number of halogens is 3. The van der Waals surface area contributed by atoms with Crippen LogP contribution in [0.15, 0.2) is 22.6 Å². The molecule has 0 aliphatic rings. The summed E-state index contributed by atoms with van der Waals surface area (Å²) in [6, 6.07) is 3.19. The summed E-state index contributed by atoms with van der Waals surface area (Å²) in [5.74, 6) is -2.17. The minimum atomic E-state index is -1.04. The van der Waals surface area contributed by atoms with Gasteiger partial charge in [-0.15, -0.1) is 21.8 Å². The van der Waals surface area contributed by atoms with Crippen molar-refractivity contribution in [2.45, 2.75) is 12.4 Å². The molecular formula is C12H7ClF2N4O2. The van der Waals surface area contributed by atoms with Gasteiger partial charge >= 0.3 is 0 Å². The van der Waals surface area contributed by atoms with Gasteiger partial charge in [0.15, 0.2) is 23.2 Å². The summed E-state index contributed by atoms with van der Waals surface area (Å²) in [6.07, 6.45) is 0. The molecule has 2 aromatic heterocycles. The van der Waals surface area contributed by atoms with E-state index >= 15 is 0 Å². The molecule has 0 radical (unpaired) electrons. The number of aromatic nitrogens is 4. The van der Waals surface area contributed by atoms with E-state index in [1.807, 2.05) is 0 Å². The molecule has 9 heteroatoms. The summed E-state index contributed by atoms with van der Waals surface area (Å²) in [6.45, 7) is -0.214. The Bertz CT molecular complexity index is 791. The number of nitrogens with zero attached hydrogens (tertiary/aromatic N) is 4. The maximum absolute atomic E-state index is 13.1. The number of rotatable bonds is 4. The second kappa shape index (κ2) is 5.21. The van der Waals surface area contributed by atoms with Gasteiger partial charge in [0.2, 0.25) is 5.78 Å². The molecule has 0 amide bonds. The molecule has 0 saturated carbocycles. The normalized spacial score (nSPS) is 11.2. The van der Waals surface area contributed by atoms with Crippen molar-refractivity contribution >= 4 is 28.4 Å². The molecular weight excluding hydrogens is 306 g/mol. The first kappa shape index (κ1) is 13.6. The average molecular weight is 313 g/mol. The highest BCUT2D eigenvalue weighted by Gasteiger charge is 2.16. The predicted octanol–water partition coefficient (Wildman–Crippen LogP) is 2.32. The van der Waals surface area contributed by atoms with E-state index in [4.69, 9.17) is 16.0 Å². The van der Waals surface area contributed by atoms with Gasteiger partial charge in [0.05, 0.1) is 5.88 Å². The van der Waals surface area contributed by atoms with Crippen molar-refractivity contribution in [1.82, 2.24) is 20.2 Å². The van der Waals surface area contributed by atoms with Crippen LogP contribution in [0.4, 0.5) is 8.78 Å². The second-order valence-electron chi connectivity index (χ2n) is 4.21. The molecule has 6 nitrogen and oxygen atoms in total. The summed E-state index contributed by atoms with van der Waals surface area (Å²) in [5, 5.41) is 11.4. The van der Waals surface area contributed by atoms with E-state index in [0.717, 1.165) is 16.9 Å². The highest BCUT2D eigenvalue weighted by atomic mass is 35.5. The van der Waals surface area contributed by atoms with Gasteiger partial charge in [-0.2, -0.15) is 4.80 Å². The summed E-state index contributed by atoms with van der Waals surface area (Å²) in [7, 11) is 0. The van der Waals surface area contributed by atoms with E-state index < -0.39 is 17.4 Å². The molecule has 0 N–H and O–H groups in total. The van der Waals surface area contributed by atoms with Gasteiger partial charge in [-0.3, -0.25) is 4.79 Å². The standard InChI is InChI=1S/C12H7ClF2N4O2/c13-4-12-16-18-19(17-12)5-9(20)11-2-6-1-7(14)8(15)3-10(6)21-11/h1-3H,4-5H2. The first-order chi connectivity index (χ1) is 10.1. The third-order valence-electron chi connectivity index (χ3n) is 2.73. The smallest absolute Gasteiger partial charge is 0.221 e. The summed E-state index contributed by atoms with van der Waals surface area (Å²) < 4.78 is 31.4. The highest BCUT2D eigenvalue weighted by Crippen LogP contribution is 2.22. The van der Waals surface area contributed by atoms with Crippen LogP contribution < -0.4 is 0 Å². The molecule has 0 aliphatic heterocycles. The van der Waals surface area contributed by atoms with Gasteiger partial charge in [0.25, 0.3) is 0 Å². The van der Waals surface area contributed by atoms with E-state index in [-0.39, 0.29) is 23.8 Å². The predicted molar refractivity (Wildman–Crippen MR) is 67.8 cm³/mol. The number of ketones is 1. The fourth-order valence-electron chi connectivity index (χ4n) is 1.78. The Balaban J connectivity index is 1.87. The van der Waals surface area contributed by atoms with Crippen LogP contribution in [0.1, 0.15) is 16.4 Å². The van der Waals surface area contributed by atoms with Crippen molar-refractivity contribution < 1.29 is 18.0 Å². The van der Waals surface area contributed by atoms with Crippen molar-refractivity contribution in [3.8, 4) is 0 Å². The number of benzene rings is 1. The van der Waals surface area contributed by atoms with Crippen LogP contribution >= 0.6 is 11.6 Å². The van der Waals surface area contributed by atoms with Crippen LogP contribution in [-0.4, -0.2) is 26.0 Å². The quantitative estimate of drug-likeness (QED) is 0.546. The highest BCUT2D eigenvalue weighted by molar-refractivity contribution is 6.16. The van der Waals surface area contributed by atoms with Crippen molar-refractivity contribution in [1.29, 1.82) is 0 Å². The Labute approximate surface area is 121 Å². The Kier molecular flexibility index (Phi) is 3.38. The second-order valence-corrected chi connectivity index (χ2v) is 4.47. The molecule has 3 rings (SSSR count). The molecule has 0 fully saturated rings. The summed E-state index contributed by atoms with van der Waals surface area (Å²) >= 11 is 5.52. The zero-order chi connectivity index (χ0) is 15.0. The number of tetrazole rings is 1. The van der Waals surface area contributed by atoms with Crippen LogP contribution in [-0.2, 0) is 12.4 Å². The number of fused-ring (bicyclic) bond motifs is 1. The topological polar surface area (TPSA) is 73.8 Å². The van der Waals surface area contributed by atoms with E-state index in [2.05, 4.69) is 15.4 Å². The lowest BCUT2D eigenvalue weighted by Gasteiger charge is -1.94. The SMILES string of the molecule is O=C(Cn1nnc(CCl)n1)c1cc2cc(F)c(F)cc2o1. The fraction of sp³-hybridized carbons (Fsp3) is 0.167. The molecule has 3 aromatic rings. The zero-order valence-electron chi connectivity index (χ0n) is 10.4. The first-order valence-electron chi connectivity index (χ1n) is 5.81. The van der Waals surface area contributed by atoms with Gasteiger partial charge in [-0.05, 0) is 17.3 Å². The van der Waals surface area contributed by atoms with Crippen LogP contribution in [0.5, 0.6) is 0 Å². The largest absolute Gasteiger partial charge is 0.453 e. The van der Waals surface area contributed by atoms with Crippen molar-refractivity contribution in [3.05, 3.63) is 41.4 Å². The number of hydrogen-bond acceptors (Lipinski definition) is 5. The van der Waals surface area contributed by atoms with Crippen molar-refractivity contribution in [2.75, 3.05) is 0 Å². The van der Waals surface area contributed by atoms with E-state index in [9.17, 15) is 13.6 Å². The Morgan fingerprint density at radius 3 is 2.76 bits per heavy atom. The van der Waals surface area contributed by atoms with E-state index in [0.29, 0.717) is 11.2 Å². The molecule has 0 atom stereocenters. The fourth-order valence-corrected chi connectivity index (χ4v) is 1.88. The van der Waals surface area contributed by atoms with Gasteiger partial charge < -0.3 is 4.42 Å². The van der Waals surface area contributed by atoms with E-state index in [1.165, 1.54) is 6.07 Å². The third-order valence-corrected chi connectivity index (χ3v) is 2.97. The summed E-state index contributed by atoms with van der Waals surface area (Å²) in [4.78, 5) is 13.1. The van der Waals surface area contributed by atoms with Crippen LogP contribution in [0, 0.1) is 11.6 Å². The number of alkyl halides is 1. The van der Waals surface area contributed by atoms with E-state index in [1.54, 1.807) is 0 Å². The molecule has 0 aliphatic carbocycles. The van der Waals surface area contributed by atoms with Gasteiger partial charge in [-0.25, -0.2) is 8.78 Å². The number of hydrogen-bond donors (Lipinski definition) is 0. The lowest BCUT2D eigenvalue weighted by molar-refractivity contribution is 0.0936. The molecule has 0 saturated heterocycles. The first-order valence-corrected chi connectivity index (χ1v) is 6.34. The monoisotopic (exact) mass is 312 g/mol. The molecule has 0 unspecified atom stereocenters. The maximum Gasteiger partial charge on any atom is 0.221 e. The minimum absolute atomic E-state index is 0.0419. The molecule has 21 heavy (non-hydrogen) atoms. The third kappa shape index (κ3) is 2.62. The maximum atomic E-state index is 13.1. The van der Waals surface area contributed by atoms with Crippen molar-refractivity contribution in [3.63, 3.8) is 0 Å². The Morgan fingerprint density at radius 1 is 1.29 bits per heavy atom. The molecule has 2 heterocycles. The number of furan rings is 1. The van der Waals surface area contributed by atoms with Crippen molar-refractivity contribution in [2.24, 2.45) is 0 Å². The lowest BCUT2D eigenvalue weighted by atomic mass is 10.2. The molecule has 108 valence electrons. The number of carbonyl (C=O) groups excluding carboxylic acids is 1. The lowest BCUT2D eigenvalue weighted by Crippen LogP contribution is -2.12. The van der Waals surface area contributed by atoms with Gasteiger partial charge in [0, 0.05) is 11.5 Å². The van der Waals surface area contributed by atoms with Gasteiger partial charge in [0.1, 0.15) is 12.1 Å². The Hall–Kier alpha value is -2.35. The minimum Gasteiger partial charge on any atom is -0.453 e. The molecule has 0 spiro atoms. The van der Waals surface area contributed by atoms with Crippen LogP contribution in [0.2, 0.25) is 0 Å². The average Bonchev–Trinajstić information content (AvgIpc) is 3.06. The zero-order valence-corrected chi connectivity index (χ0v) is 11.1. The molecule has 1 aromatic carbocycles. The number of carbonyl (C=O) groups is 1. The van der Waals surface area contributed by atoms with Gasteiger partial charge in [-0.1, -0.05) is 0 Å². The van der Waals surface area contributed by atoms with Crippen LogP contribution in [0.25, 0.3) is 11.0 Å². The van der Waals surface area contributed by atoms with Crippen LogP contribution in [0.3, 0.4) is 0 Å². The number of Topliss-reactive ketones (excluding diaryl/α,β-unsaturated/α-hetero) is 1. The molecule has 0 bridgehead atoms.